The minimum Gasteiger partial charge on any atom is -0.377 e. The van der Waals surface area contributed by atoms with Gasteiger partial charge in [-0.2, -0.15) is 0 Å². The average molecular weight is 413 g/mol. The lowest BCUT2D eigenvalue weighted by atomic mass is 9.85. The normalized spacial score (nSPS) is 40.3. The molecule has 1 aromatic rings. The second-order valence-corrected chi connectivity index (χ2v) is 10.6. The molecule has 3 fully saturated rings. The molecule has 0 amide bonds. The molecule has 4 rings (SSSR count). The van der Waals surface area contributed by atoms with E-state index >= 15 is 0 Å². The number of aromatic nitrogens is 2. The predicted molar refractivity (Wildman–Crippen MR) is 103 cm³/mol. The second kappa shape index (κ2) is 7.27. The van der Waals surface area contributed by atoms with E-state index in [-0.39, 0.29) is 29.6 Å². The fraction of sp³-hybridized carbons (Fsp3) is 0.789. The number of halogens is 1. The van der Waals surface area contributed by atoms with E-state index in [0.717, 1.165) is 31.5 Å². The molecule has 9 heteroatoms. The van der Waals surface area contributed by atoms with Crippen molar-refractivity contribution >= 4 is 10.0 Å². The number of nitrogens with zero attached hydrogens (tertiary/aromatic N) is 2. The van der Waals surface area contributed by atoms with Gasteiger partial charge in [0.2, 0.25) is 10.0 Å². The zero-order valence-electron chi connectivity index (χ0n) is 16.6. The van der Waals surface area contributed by atoms with Gasteiger partial charge < -0.3 is 10.1 Å². The molecule has 0 radical (unpaired) electrons. The van der Waals surface area contributed by atoms with Gasteiger partial charge in [0, 0.05) is 23.5 Å². The van der Waals surface area contributed by atoms with Crippen molar-refractivity contribution in [1.29, 1.82) is 0 Å². The molecule has 2 heterocycles. The molecular formula is C19H29FN4O3S. The molecule has 0 spiro atoms. The van der Waals surface area contributed by atoms with Gasteiger partial charge in [0.25, 0.3) is 0 Å². The monoisotopic (exact) mass is 412 g/mol. The van der Waals surface area contributed by atoms with E-state index in [1.54, 1.807) is 0 Å². The topological polar surface area (TPSA) is 93.2 Å². The van der Waals surface area contributed by atoms with Crippen LogP contribution in [0.2, 0.25) is 0 Å². The zero-order valence-corrected chi connectivity index (χ0v) is 17.4. The van der Waals surface area contributed by atoms with Crippen LogP contribution in [-0.2, 0) is 20.2 Å². The molecule has 1 aliphatic heterocycles. The summed E-state index contributed by atoms with van der Waals surface area (Å²) in [6, 6.07) is 0.0968. The molecule has 0 unspecified atom stereocenters. The van der Waals surface area contributed by atoms with Crippen molar-refractivity contribution in [3.05, 3.63) is 24.0 Å². The Morgan fingerprint density at radius 1 is 1.32 bits per heavy atom. The fourth-order valence-corrected chi connectivity index (χ4v) is 6.25. The summed E-state index contributed by atoms with van der Waals surface area (Å²) in [6.45, 7) is 4.76. The first-order chi connectivity index (χ1) is 13.2. The van der Waals surface area contributed by atoms with E-state index in [9.17, 15) is 12.8 Å². The van der Waals surface area contributed by atoms with Gasteiger partial charge in [-0.05, 0) is 44.4 Å². The predicted octanol–water partition coefficient (Wildman–Crippen LogP) is 1.36. The standard InChI is InChI=1S/C19H29FN4O3S/c1-11-6-16(24-28(3,25)26)17(23-11)10-27-14-4-5-19(12(2)15(19)7-14)18-21-8-13(20)9-22-18/h8-9,11-12,14-17,23-24H,4-7,10H2,1-3H3/t11-,12+,14+,15-,16+,17+,19-/m1/s1. The van der Waals surface area contributed by atoms with Crippen molar-refractivity contribution in [2.24, 2.45) is 11.8 Å². The van der Waals surface area contributed by atoms with Crippen LogP contribution < -0.4 is 10.0 Å². The van der Waals surface area contributed by atoms with Gasteiger partial charge in [-0.25, -0.2) is 27.5 Å². The number of fused-ring (bicyclic) bond motifs is 1. The minimum atomic E-state index is -3.24. The molecule has 1 saturated heterocycles. The number of hydrogen-bond acceptors (Lipinski definition) is 6. The molecule has 0 aromatic carbocycles. The quantitative estimate of drug-likeness (QED) is 0.733. The second-order valence-electron chi connectivity index (χ2n) is 8.80. The first-order valence-electron chi connectivity index (χ1n) is 10.0. The van der Waals surface area contributed by atoms with Gasteiger partial charge in [0.15, 0.2) is 5.82 Å². The average Bonchev–Trinajstić information content (AvgIpc) is 3.06. The van der Waals surface area contributed by atoms with Crippen molar-refractivity contribution in [2.45, 2.75) is 69.2 Å². The Bertz CT molecular complexity index is 821. The number of ether oxygens (including phenoxy) is 1. The first kappa shape index (κ1) is 20.1. The van der Waals surface area contributed by atoms with Crippen molar-refractivity contribution < 1.29 is 17.5 Å². The van der Waals surface area contributed by atoms with Gasteiger partial charge >= 0.3 is 0 Å². The van der Waals surface area contributed by atoms with E-state index in [1.807, 2.05) is 0 Å². The summed E-state index contributed by atoms with van der Waals surface area (Å²) in [5, 5.41) is 3.43. The molecule has 7 nitrogen and oxygen atoms in total. The van der Waals surface area contributed by atoms with Gasteiger partial charge in [0.05, 0.1) is 31.4 Å². The Morgan fingerprint density at radius 2 is 2.04 bits per heavy atom. The third-order valence-electron chi connectivity index (χ3n) is 6.87. The largest absolute Gasteiger partial charge is 0.377 e. The molecule has 156 valence electrons. The highest BCUT2D eigenvalue weighted by Crippen LogP contribution is 2.66. The van der Waals surface area contributed by atoms with Crippen LogP contribution in [0.1, 0.15) is 45.4 Å². The Kier molecular flexibility index (Phi) is 5.22. The number of hydrogen-bond donors (Lipinski definition) is 2. The number of rotatable bonds is 6. The summed E-state index contributed by atoms with van der Waals surface area (Å²) in [6.07, 6.45) is 7.40. The maximum Gasteiger partial charge on any atom is 0.209 e. The molecule has 2 saturated carbocycles. The Balaban J connectivity index is 1.34. The summed E-state index contributed by atoms with van der Waals surface area (Å²) >= 11 is 0. The maximum atomic E-state index is 13.2. The van der Waals surface area contributed by atoms with Crippen LogP contribution in [0.15, 0.2) is 12.4 Å². The lowest BCUT2D eigenvalue weighted by Crippen LogP contribution is -2.46. The molecule has 3 aliphatic rings. The first-order valence-corrected chi connectivity index (χ1v) is 11.9. The van der Waals surface area contributed by atoms with Crippen LogP contribution >= 0.6 is 0 Å². The summed E-state index contributed by atoms with van der Waals surface area (Å²) in [7, 11) is -3.24. The molecule has 0 bridgehead atoms. The molecule has 28 heavy (non-hydrogen) atoms. The molecule has 1 aromatic heterocycles. The third-order valence-corrected chi connectivity index (χ3v) is 7.60. The van der Waals surface area contributed by atoms with Crippen LogP contribution in [0.3, 0.4) is 0 Å². The van der Waals surface area contributed by atoms with E-state index < -0.39 is 15.8 Å². The van der Waals surface area contributed by atoms with Gasteiger partial charge in [-0.3, -0.25) is 0 Å². The third kappa shape index (κ3) is 3.81. The van der Waals surface area contributed by atoms with Crippen LogP contribution in [0.4, 0.5) is 4.39 Å². The van der Waals surface area contributed by atoms with Crippen LogP contribution in [-0.4, -0.2) is 55.5 Å². The van der Waals surface area contributed by atoms with E-state index in [4.69, 9.17) is 4.74 Å². The maximum absolute atomic E-state index is 13.2. The summed E-state index contributed by atoms with van der Waals surface area (Å²) < 4.78 is 45.3. The smallest absolute Gasteiger partial charge is 0.209 e. The van der Waals surface area contributed by atoms with Crippen molar-refractivity contribution in [3.8, 4) is 0 Å². The van der Waals surface area contributed by atoms with Crippen molar-refractivity contribution in [3.63, 3.8) is 0 Å². The van der Waals surface area contributed by atoms with Crippen LogP contribution in [0.5, 0.6) is 0 Å². The lowest BCUT2D eigenvalue weighted by Gasteiger charge is -2.29. The summed E-state index contributed by atoms with van der Waals surface area (Å²) in [4.78, 5) is 8.50. The van der Waals surface area contributed by atoms with Gasteiger partial charge in [-0.15, -0.1) is 0 Å². The molecule has 2 aliphatic carbocycles. The minimum absolute atomic E-state index is 0.0199. The SMILES string of the molecule is C[C@@H]1C[C@H](NS(C)(=O)=O)[C@H](CO[C@H]2CC[C@]3(c4ncc(F)cn4)[C@H](C2)[C@@H]3C)N1. The van der Waals surface area contributed by atoms with Crippen LogP contribution in [0.25, 0.3) is 0 Å². The highest BCUT2D eigenvalue weighted by Gasteiger charge is 2.66. The Labute approximate surface area is 165 Å². The fourth-order valence-electron chi connectivity index (χ4n) is 5.44. The molecule has 2 N–H and O–H groups in total. The number of nitrogens with one attached hydrogen (secondary N) is 2. The van der Waals surface area contributed by atoms with E-state index in [1.165, 1.54) is 18.6 Å². The van der Waals surface area contributed by atoms with E-state index in [2.05, 4.69) is 33.9 Å². The summed E-state index contributed by atoms with van der Waals surface area (Å²) in [5.41, 5.74) is -0.0337. The Hall–Kier alpha value is -1.16. The highest BCUT2D eigenvalue weighted by atomic mass is 32.2. The van der Waals surface area contributed by atoms with Crippen molar-refractivity contribution in [1.82, 2.24) is 20.0 Å². The number of sulfonamides is 1. The zero-order chi connectivity index (χ0) is 20.1. The van der Waals surface area contributed by atoms with Gasteiger partial charge in [-0.1, -0.05) is 6.92 Å². The highest BCUT2D eigenvalue weighted by molar-refractivity contribution is 7.88. The Morgan fingerprint density at radius 3 is 2.68 bits per heavy atom. The van der Waals surface area contributed by atoms with Crippen LogP contribution in [0, 0.1) is 17.7 Å². The molecule has 7 atom stereocenters. The van der Waals surface area contributed by atoms with Crippen molar-refractivity contribution in [2.75, 3.05) is 12.9 Å². The lowest BCUT2D eigenvalue weighted by molar-refractivity contribution is 0.00995. The van der Waals surface area contributed by atoms with E-state index in [0.29, 0.717) is 18.4 Å². The van der Waals surface area contributed by atoms with Gasteiger partial charge in [0.1, 0.15) is 5.82 Å². The molecular weight excluding hydrogens is 383 g/mol. The summed E-state index contributed by atoms with van der Waals surface area (Å²) in [5.74, 6) is 1.28.